The number of aromatic nitrogens is 1. The third kappa shape index (κ3) is 6.40. The fraction of sp³-hybridized carbons (Fsp3) is 0.0968. The van der Waals surface area contributed by atoms with Crippen LogP contribution in [0, 0.1) is 0 Å². The molecule has 0 aliphatic heterocycles. The zero-order chi connectivity index (χ0) is 42.4. The lowest BCUT2D eigenvalue weighted by atomic mass is 9.80. The summed E-state index contributed by atoms with van der Waals surface area (Å²) in [5.74, 6) is 0.558. The van der Waals surface area contributed by atoms with Gasteiger partial charge in [0.25, 0.3) is 0 Å². The average molecular weight is 821 g/mol. The Kier molecular flexibility index (Phi) is 9.64. The summed E-state index contributed by atoms with van der Waals surface area (Å²) in [7, 11) is 0. The molecule has 0 bridgehead atoms. The second kappa shape index (κ2) is 16.2. The number of nitrogens with zero attached hydrogens (tertiary/aromatic N) is 2. The first kappa shape index (κ1) is 38.0. The maximum absolute atomic E-state index is 2.58. The van der Waals surface area contributed by atoms with E-state index in [1.165, 1.54) is 114 Å². The second-order valence-electron chi connectivity index (χ2n) is 17.4. The van der Waals surface area contributed by atoms with E-state index in [4.69, 9.17) is 0 Å². The number of benzene rings is 10. The summed E-state index contributed by atoms with van der Waals surface area (Å²) in [6.07, 6.45) is 6.42. The van der Waals surface area contributed by atoms with Crippen LogP contribution in [0.3, 0.4) is 0 Å². The minimum Gasteiger partial charge on any atom is -0.307 e. The van der Waals surface area contributed by atoms with Gasteiger partial charge >= 0.3 is 0 Å². The minimum absolute atomic E-state index is 0.558. The van der Waals surface area contributed by atoms with Crippen molar-refractivity contribution in [1.29, 1.82) is 0 Å². The Morgan fingerprint density at radius 1 is 0.359 bits per heavy atom. The van der Waals surface area contributed by atoms with Gasteiger partial charge in [0.15, 0.2) is 0 Å². The van der Waals surface area contributed by atoms with Crippen LogP contribution in [0.1, 0.15) is 43.6 Å². The van der Waals surface area contributed by atoms with Crippen molar-refractivity contribution < 1.29 is 0 Å². The van der Waals surface area contributed by atoms with Crippen LogP contribution in [-0.2, 0) is 0 Å². The molecule has 0 saturated heterocycles. The molecular weight excluding hydrogens is 773 g/mol. The Bertz CT molecular complexity index is 3470. The Morgan fingerprint density at radius 3 is 1.56 bits per heavy atom. The molecule has 10 aromatic carbocycles. The first-order valence-corrected chi connectivity index (χ1v) is 23.0. The van der Waals surface area contributed by atoms with Crippen LogP contribution in [0.15, 0.2) is 224 Å². The molecule has 1 saturated carbocycles. The van der Waals surface area contributed by atoms with Gasteiger partial charge in [-0.2, -0.15) is 0 Å². The molecule has 0 atom stereocenters. The number of hydrogen-bond donors (Lipinski definition) is 0. The van der Waals surface area contributed by atoms with Crippen LogP contribution in [0.2, 0.25) is 0 Å². The molecule has 306 valence electrons. The number of rotatable bonds is 8. The maximum atomic E-state index is 2.58. The molecule has 1 fully saturated rings. The van der Waals surface area contributed by atoms with Crippen molar-refractivity contribution >= 4 is 60.4 Å². The maximum Gasteiger partial charge on any atom is 0.0782 e. The van der Waals surface area contributed by atoms with E-state index >= 15 is 0 Å². The summed E-state index contributed by atoms with van der Waals surface area (Å²) >= 11 is 0. The fourth-order valence-electron chi connectivity index (χ4n) is 11.0. The summed E-state index contributed by atoms with van der Waals surface area (Å²) < 4.78 is 2.47. The smallest absolute Gasteiger partial charge is 0.0782 e. The fourth-order valence-corrected chi connectivity index (χ4v) is 11.0. The Labute approximate surface area is 375 Å². The Balaban J connectivity index is 1.19. The van der Waals surface area contributed by atoms with Crippen LogP contribution < -0.4 is 4.90 Å². The van der Waals surface area contributed by atoms with E-state index in [0.29, 0.717) is 5.92 Å². The standard InChI is InChI=1S/C62H48N2/c1-4-21-43(22-5-1)48-34-16-25-45-27-18-36-53(60(45)48)50-31-10-14-40-57(50)64(59-42-20-38-55-52-33-12-13-39-56(52)63(62(55)59)47-29-8-3-9-30-47)58-41-15-11-32-51(58)54-37-19-28-46-26-17-35-49(61(46)54)44-23-6-2-7-24-44/h1,3-5,8-22,25-42,44H,2,6-7,23-24H2. The van der Waals surface area contributed by atoms with Crippen molar-refractivity contribution in [1.82, 2.24) is 4.57 Å². The van der Waals surface area contributed by atoms with Crippen LogP contribution in [-0.4, -0.2) is 4.57 Å². The van der Waals surface area contributed by atoms with Gasteiger partial charge in [0.05, 0.1) is 28.1 Å². The van der Waals surface area contributed by atoms with Gasteiger partial charge < -0.3 is 9.47 Å². The highest BCUT2D eigenvalue weighted by atomic mass is 15.2. The molecule has 2 nitrogen and oxygen atoms in total. The lowest BCUT2D eigenvalue weighted by Gasteiger charge is -2.32. The highest BCUT2D eigenvalue weighted by Gasteiger charge is 2.27. The third-order valence-corrected chi connectivity index (χ3v) is 13.8. The molecule has 1 aliphatic carbocycles. The van der Waals surface area contributed by atoms with Gasteiger partial charge in [0.1, 0.15) is 0 Å². The van der Waals surface area contributed by atoms with Gasteiger partial charge in [-0.25, -0.2) is 0 Å². The highest BCUT2D eigenvalue weighted by Crippen LogP contribution is 2.51. The molecular formula is C62H48N2. The average Bonchev–Trinajstić information content (AvgIpc) is 3.72. The molecule has 1 aliphatic rings. The predicted molar refractivity (Wildman–Crippen MR) is 273 cm³/mol. The zero-order valence-electron chi connectivity index (χ0n) is 35.9. The largest absolute Gasteiger partial charge is 0.307 e. The molecule has 0 spiro atoms. The minimum atomic E-state index is 0.558. The summed E-state index contributed by atoms with van der Waals surface area (Å²) in [5.41, 5.74) is 15.7. The van der Waals surface area contributed by atoms with Crippen LogP contribution in [0.4, 0.5) is 17.1 Å². The monoisotopic (exact) mass is 820 g/mol. The van der Waals surface area contributed by atoms with Gasteiger partial charge in [0.2, 0.25) is 0 Å². The molecule has 1 aromatic heterocycles. The first-order valence-electron chi connectivity index (χ1n) is 23.0. The van der Waals surface area contributed by atoms with E-state index in [9.17, 15) is 0 Å². The van der Waals surface area contributed by atoms with Crippen molar-refractivity contribution in [2.45, 2.75) is 38.0 Å². The Hall–Kier alpha value is -7.68. The molecule has 0 N–H and O–H groups in total. The Morgan fingerprint density at radius 2 is 0.859 bits per heavy atom. The normalized spacial score (nSPS) is 13.2. The molecule has 1 heterocycles. The van der Waals surface area contributed by atoms with E-state index in [-0.39, 0.29) is 0 Å². The number of anilines is 3. The summed E-state index contributed by atoms with van der Waals surface area (Å²) in [5, 5.41) is 7.61. The van der Waals surface area contributed by atoms with E-state index < -0.39 is 0 Å². The molecule has 11 aromatic rings. The van der Waals surface area contributed by atoms with Crippen molar-refractivity contribution in [2.24, 2.45) is 0 Å². The second-order valence-corrected chi connectivity index (χ2v) is 17.4. The summed E-state index contributed by atoms with van der Waals surface area (Å²) in [6, 6.07) is 83.2. The van der Waals surface area contributed by atoms with Gasteiger partial charge in [0, 0.05) is 27.6 Å². The lowest BCUT2D eigenvalue weighted by molar-refractivity contribution is 0.445. The first-order chi connectivity index (χ1) is 31.8. The zero-order valence-corrected chi connectivity index (χ0v) is 35.9. The number of para-hydroxylation sites is 5. The van der Waals surface area contributed by atoms with Gasteiger partial charge in [-0.15, -0.1) is 0 Å². The highest BCUT2D eigenvalue weighted by molar-refractivity contribution is 6.16. The van der Waals surface area contributed by atoms with Gasteiger partial charge in [-0.3, -0.25) is 0 Å². The van der Waals surface area contributed by atoms with Crippen molar-refractivity contribution in [3.8, 4) is 39.1 Å². The van der Waals surface area contributed by atoms with Gasteiger partial charge in [-0.1, -0.05) is 207 Å². The lowest BCUT2D eigenvalue weighted by Crippen LogP contribution is -2.14. The van der Waals surface area contributed by atoms with E-state index in [0.717, 1.165) is 22.7 Å². The number of hydrogen-bond acceptors (Lipinski definition) is 1. The SMILES string of the molecule is c1ccc(-c2cccc3cccc(-c4ccccc4N(c4ccccc4-c4cccc5cccc(C6CCCCC6)c45)c4cccc5c6ccccc6n(-c6ccccc6)c45)c23)cc1. The molecule has 0 amide bonds. The van der Waals surface area contributed by atoms with E-state index in [1.54, 1.807) is 0 Å². The predicted octanol–water partition coefficient (Wildman–Crippen LogP) is 17.6. The van der Waals surface area contributed by atoms with Crippen molar-refractivity contribution in [3.63, 3.8) is 0 Å². The topological polar surface area (TPSA) is 8.17 Å². The molecule has 64 heavy (non-hydrogen) atoms. The van der Waals surface area contributed by atoms with Crippen molar-refractivity contribution in [3.05, 3.63) is 230 Å². The quantitative estimate of drug-likeness (QED) is 0.148. The van der Waals surface area contributed by atoms with Gasteiger partial charge in [-0.05, 0) is 105 Å². The van der Waals surface area contributed by atoms with Crippen molar-refractivity contribution in [2.75, 3.05) is 4.90 Å². The van der Waals surface area contributed by atoms with E-state index in [2.05, 4.69) is 234 Å². The number of fused-ring (bicyclic) bond motifs is 5. The third-order valence-electron chi connectivity index (χ3n) is 13.8. The van der Waals surface area contributed by atoms with E-state index in [1.807, 2.05) is 0 Å². The van der Waals surface area contributed by atoms with Crippen LogP contribution >= 0.6 is 0 Å². The molecule has 2 heteroatoms. The van der Waals surface area contributed by atoms with Crippen LogP contribution in [0.25, 0.3) is 82.4 Å². The van der Waals surface area contributed by atoms with Crippen LogP contribution in [0.5, 0.6) is 0 Å². The molecule has 0 unspecified atom stereocenters. The summed E-state index contributed by atoms with van der Waals surface area (Å²) in [6.45, 7) is 0. The molecule has 12 rings (SSSR count). The molecule has 0 radical (unpaired) electrons. The summed E-state index contributed by atoms with van der Waals surface area (Å²) in [4.78, 5) is 2.58.